The molecule has 1 spiro atoms. The van der Waals surface area contributed by atoms with Crippen LogP contribution in [0, 0.1) is 29.9 Å². The fourth-order valence-corrected chi connectivity index (χ4v) is 4.71. The Morgan fingerprint density at radius 2 is 1.97 bits per heavy atom. The Bertz CT molecular complexity index is 1020. The molecule has 0 radical (unpaired) electrons. The Morgan fingerprint density at radius 3 is 2.67 bits per heavy atom. The van der Waals surface area contributed by atoms with Crippen LogP contribution in [0.1, 0.15) is 48.4 Å². The molecule has 4 rings (SSSR count). The van der Waals surface area contributed by atoms with E-state index in [4.69, 9.17) is 0 Å². The molecule has 0 N–H and O–H groups in total. The highest BCUT2D eigenvalue weighted by Crippen LogP contribution is 2.47. The molecular formula is C22H21F2N3O3. The molecular weight excluding hydrogens is 392 g/mol. The highest BCUT2D eigenvalue weighted by molar-refractivity contribution is 6.03. The van der Waals surface area contributed by atoms with E-state index in [1.807, 2.05) is 0 Å². The number of carbonyl (C=O) groups excluding carboxylic acids is 3. The van der Waals surface area contributed by atoms with Gasteiger partial charge >= 0.3 is 0 Å². The molecule has 1 amide bonds. The first kappa shape index (κ1) is 20.3. The van der Waals surface area contributed by atoms with E-state index in [9.17, 15) is 23.2 Å². The summed E-state index contributed by atoms with van der Waals surface area (Å²) in [6.07, 6.45) is 2.76. The molecule has 2 fully saturated rings. The molecule has 1 aromatic carbocycles. The number of amides is 1. The summed E-state index contributed by atoms with van der Waals surface area (Å²) in [5, 5.41) is 0. The normalized spacial score (nSPS) is 24.0. The first-order valence-corrected chi connectivity index (χ1v) is 9.88. The van der Waals surface area contributed by atoms with E-state index < -0.39 is 17.0 Å². The van der Waals surface area contributed by atoms with Crippen molar-refractivity contribution in [1.29, 1.82) is 0 Å². The van der Waals surface area contributed by atoms with Crippen LogP contribution < -0.4 is 4.90 Å². The minimum atomic E-state index is -0.926. The van der Waals surface area contributed by atoms with Gasteiger partial charge in [-0.25, -0.2) is 18.7 Å². The lowest BCUT2D eigenvalue weighted by Crippen LogP contribution is -2.41. The Kier molecular flexibility index (Phi) is 5.17. The molecule has 8 heteroatoms. The molecule has 1 saturated carbocycles. The molecule has 6 nitrogen and oxygen atoms in total. The fourth-order valence-electron chi connectivity index (χ4n) is 4.71. The number of Topliss-reactive ketones (excluding diaryl/α,β-unsaturated/α-hetero) is 2. The second kappa shape index (κ2) is 7.66. The van der Waals surface area contributed by atoms with Gasteiger partial charge in [0.25, 0.3) is 0 Å². The zero-order valence-electron chi connectivity index (χ0n) is 16.5. The standard InChI is InChI=1S/C22H21F2N3O3/c1-13-25-4-2-19(26-13)20(29)7-14-6-18(28)12-22(11-14)3-5-27(21(22)30)17-9-15(23)8-16(24)10-17/h2,4,8-10,14H,3,5-7,11-12H2,1H3/t14-,22+/m0/s1. The van der Waals surface area contributed by atoms with Gasteiger partial charge < -0.3 is 4.90 Å². The summed E-state index contributed by atoms with van der Waals surface area (Å²) in [7, 11) is 0. The number of halogens is 2. The molecule has 0 bridgehead atoms. The molecule has 2 heterocycles. The maximum atomic E-state index is 13.6. The summed E-state index contributed by atoms with van der Waals surface area (Å²) in [5.41, 5.74) is -0.481. The monoisotopic (exact) mass is 413 g/mol. The van der Waals surface area contributed by atoms with E-state index in [1.54, 1.807) is 6.92 Å². The van der Waals surface area contributed by atoms with Crippen LogP contribution in [0.2, 0.25) is 0 Å². The van der Waals surface area contributed by atoms with E-state index in [0.717, 1.165) is 18.2 Å². The molecule has 2 atom stereocenters. The van der Waals surface area contributed by atoms with Crippen molar-refractivity contribution in [2.24, 2.45) is 11.3 Å². The minimum Gasteiger partial charge on any atom is -0.312 e. The number of benzene rings is 1. The van der Waals surface area contributed by atoms with Crippen LogP contribution in [0.4, 0.5) is 14.5 Å². The van der Waals surface area contributed by atoms with Gasteiger partial charge in [-0.3, -0.25) is 14.4 Å². The van der Waals surface area contributed by atoms with Crippen LogP contribution in [-0.4, -0.2) is 34.0 Å². The van der Waals surface area contributed by atoms with Crippen molar-refractivity contribution in [2.45, 2.75) is 39.0 Å². The van der Waals surface area contributed by atoms with Gasteiger partial charge in [-0.2, -0.15) is 0 Å². The van der Waals surface area contributed by atoms with Crippen LogP contribution in [-0.2, 0) is 9.59 Å². The second-order valence-electron chi connectivity index (χ2n) is 8.22. The van der Waals surface area contributed by atoms with E-state index in [2.05, 4.69) is 9.97 Å². The highest BCUT2D eigenvalue weighted by Gasteiger charge is 2.52. The minimum absolute atomic E-state index is 0.0708. The fraction of sp³-hybridized carbons (Fsp3) is 0.409. The van der Waals surface area contributed by atoms with Crippen molar-refractivity contribution in [1.82, 2.24) is 9.97 Å². The van der Waals surface area contributed by atoms with Crippen molar-refractivity contribution in [3.05, 3.63) is 53.6 Å². The van der Waals surface area contributed by atoms with Crippen molar-refractivity contribution >= 4 is 23.2 Å². The van der Waals surface area contributed by atoms with E-state index in [0.29, 0.717) is 24.4 Å². The zero-order chi connectivity index (χ0) is 21.5. The number of aryl methyl sites for hydroxylation is 1. The van der Waals surface area contributed by atoms with E-state index in [1.165, 1.54) is 17.2 Å². The van der Waals surface area contributed by atoms with Crippen LogP contribution >= 0.6 is 0 Å². The summed E-state index contributed by atoms with van der Waals surface area (Å²) < 4.78 is 27.2. The zero-order valence-corrected chi connectivity index (χ0v) is 16.5. The molecule has 156 valence electrons. The van der Waals surface area contributed by atoms with Crippen molar-refractivity contribution in [3.8, 4) is 0 Å². The number of carbonyl (C=O) groups is 3. The molecule has 30 heavy (non-hydrogen) atoms. The molecule has 1 aromatic heterocycles. The van der Waals surface area contributed by atoms with Gasteiger partial charge in [-0.05, 0) is 43.9 Å². The van der Waals surface area contributed by atoms with Crippen LogP contribution in [0.15, 0.2) is 30.5 Å². The summed E-state index contributed by atoms with van der Waals surface area (Å²) in [6, 6.07) is 4.52. The average Bonchev–Trinajstić information content (AvgIpc) is 2.96. The number of anilines is 1. The third-order valence-corrected chi connectivity index (χ3v) is 5.94. The number of ketones is 2. The maximum absolute atomic E-state index is 13.6. The molecule has 0 unspecified atom stereocenters. The van der Waals surface area contributed by atoms with Crippen LogP contribution in [0.3, 0.4) is 0 Å². The van der Waals surface area contributed by atoms with Gasteiger partial charge in [0.05, 0.1) is 5.41 Å². The summed E-state index contributed by atoms with van der Waals surface area (Å²) >= 11 is 0. The highest BCUT2D eigenvalue weighted by atomic mass is 19.1. The van der Waals surface area contributed by atoms with Gasteiger partial charge in [0, 0.05) is 43.8 Å². The number of hydrogen-bond donors (Lipinski definition) is 0. The predicted octanol–water partition coefficient (Wildman–Crippen LogP) is 3.43. The lowest BCUT2D eigenvalue weighted by atomic mass is 9.67. The summed E-state index contributed by atoms with van der Waals surface area (Å²) in [6.45, 7) is 1.97. The van der Waals surface area contributed by atoms with E-state index in [-0.39, 0.29) is 54.9 Å². The van der Waals surface area contributed by atoms with Gasteiger partial charge in [0.15, 0.2) is 5.78 Å². The molecule has 1 aliphatic carbocycles. The van der Waals surface area contributed by atoms with Crippen molar-refractivity contribution in [2.75, 3.05) is 11.4 Å². The third kappa shape index (κ3) is 3.86. The van der Waals surface area contributed by atoms with Gasteiger partial charge in [0.2, 0.25) is 5.91 Å². The smallest absolute Gasteiger partial charge is 0.233 e. The van der Waals surface area contributed by atoms with Crippen LogP contribution in [0.25, 0.3) is 0 Å². The molecule has 1 saturated heterocycles. The number of nitrogens with zero attached hydrogens (tertiary/aromatic N) is 3. The first-order chi connectivity index (χ1) is 14.3. The lowest BCUT2D eigenvalue weighted by molar-refractivity contribution is -0.136. The Labute approximate surface area is 172 Å². The van der Waals surface area contributed by atoms with Crippen molar-refractivity contribution < 1.29 is 23.2 Å². The Hall–Kier alpha value is -3.03. The summed E-state index contributed by atoms with van der Waals surface area (Å²) in [5.74, 6) is -1.88. The largest absolute Gasteiger partial charge is 0.312 e. The van der Waals surface area contributed by atoms with Gasteiger partial charge in [0.1, 0.15) is 28.9 Å². The van der Waals surface area contributed by atoms with Gasteiger partial charge in [-0.1, -0.05) is 0 Å². The second-order valence-corrected chi connectivity index (χ2v) is 8.22. The van der Waals surface area contributed by atoms with Crippen LogP contribution in [0.5, 0.6) is 0 Å². The Morgan fingerprint density at radius 1 is 1.23 bits per heavy atom. The number of hydrogen-bond acceptors (Lipinski definition) is 5. The SMILES string of the molecule is Cc1nccc(C(=O)C[C@@H]2CC(=O)C[C@@]3(CCN(c4cc(F)cc(F)c4)C3=O)C2)n1. The topological polar surface area (TPSA) is 80.2 Å². The number of aromatic nitrogens is 2. The molecule has 1 aliphatic heterocycles. The number of rotatable bonds is 4. The molecule has 2 aliphatic rings. The third-order valence-electron chi connectivity index (χ3n) is 5.94. The lowest BCUT2D eigenvalue weighted by Gasteiger charge is -2.35. The summed E-state index contributed by atoms with van der Waals surface area (Å²) in [4.78, 5) is 47.8. The predicted molar refractivity (Wildman–Crippen MR) is 104 cm³/mol. The Balaban J connectivity index is 1.53. The van der Waals surface area contributed by atoms with Gasteiger partial charge in [-0.15, -0.1) is 0 Å². The maximum Gasteiger partial charge on any atom is 0.233 e. The first-order valence-electron chi connectivity index (χ1n) is 9.88. The quantitative estimate of drug-likeness (QED) is 0.718. The molecule has 2 aromatic rings. The van der Waals surface area contributed by atoms with Crippen molar-refractivity contribution in [3.63, 3.8) is 0 Å². The average molecular weight is 413 g/mol. The van der Waals surface area contributed by atoms with E-state index >= 15 is 0 Å².